The molecule has 0 saturated carbocycles. The van der Waals surface area contributed by atoms with Gasteiger partial charge in [-0.15, -0.1) is 0 Å². The Bertz CT molecular complexity index is 774. The van der Waals surface area contributed by atoms with Gasteiger partial charge in [0.2, 0.25) is 0 Å². The average molecular weight is 409 g/mol. The number of hydrogen-bond donors (Lipinski definition) is 2. The molecule has 1 atom stereocenters. The van der Waals surface area contributed by atoms with Crippen LogP contribution in [0.1, 0.15) is 23.7 Å². The van der Waals surface area contributed by atoms with Crippen molar-refractivity contribution in [1.29, 1.82) is 0 Å². The Labute approximate surface area is 152 Å². The standard InChI is InChI=1S/C17H17BrN2O5/c1-2-25-16(23)17(24)12(13(21)10-4-6-11(18)7-5-10)14-19-8-3-9-20(14)15(17)22/h4-7,19,24H,2-3,8-9H2,1H3. The fourth-order valence-electron chi connectivity index (χ4n) is 2.99. The minimum Gasteiger partial charge on any atom is -0.463 e. The van der Waals surface area contributed by atoms with Gasteiger partial charge in [0.25, 0.3) is 11.5 Å². The molecule has 2 aliphatic rings. The van der Waals surface area contributed by atoms with E-state index in [1.165, 1.54) is 4.90 Å². The molecule has 3 rings (SSSR count). The van der Waals surface area contributed by atoms with Gasteiger partial charge in [0.05, 0.1) is 12.2 Å². The number of ether oxygens (including phenoxy) is 1. The largest absolute Gasteiger partial charge is 0.463 e. The zero-order valence-electron chi connectivity index (χ0n) is 13.5. The van der Waals surface area contributed by atoms with E-state index in [4.69, 9.17) is 4.74 Å². The van der Waals surface area contributed by atoms with Crippen LogP contribution < -0.4 is 5.32 Å². The second kappa shape index (κ2) is 6.61. The van der Waals surface area contributed by atoms with Gasteiger partial charge in [-0.2, -0.15) is 0 Å². The molecule has 1 unspecified atom stereocenters. The first-order valence-electron chi connectivity index (χ1n) is 7.91. The lowest BCUT2D eigenvalue weighted by Gasteiger charge is -2.27. The van der Waals surface area contributed by atoms with E-state index >= 15 is 0 Å². The number of carbonyl (C=O) groups is 3. The molecule has 1 amide bonds. The van der Waals surface area contributed by atoms with Gasteiger partial charge in [0.1, 0.15) is 5.82 Å². The maximum absolute atomic E-state index is 13.0. The number of nitrogens with zero attached hydrogens (tertiary/aromatic N) is 1. The van der Waals surface area contributed by atoms with Crippen molar-refractivity contribution in [3.63, 3.8) is 0 Å². The number of rotatable bonds is 4. The number of halogens is 1. The molecule has 25 heavy (non-hydrogen) atoms. The van der Waals surface area contributed by atoms with Crippen LogP contribution in [0.15, 0.2) is 40.1 Å². The lowest BCUT2D eigenvalue weighted by atomic mass is 9.89. The summed E-state index contributed by atoms with van der Waals surface area (Å²) in [6.07, 6.45) is 0.647. The first-order valence-corrected chi connectivity index (χ1v) is 8.71. The van der Waals surface area contributed by atoms with Crippen LogP contribution in [-0.4, -0.2) is 53.0 Å². The molecule has 7 nitrogen and oxygen atoms in total. The third-order valence-electron chi connectivity index (χ3n) is 4.18. The Morgan fingerprint density at radius 1 is 1.36 bits per heavy atom. The molecule has 0 spiro atoms. The first kappa shape index (κ1) is 17.6. The van der Waals surface area contributed by atoms with Crippen molar-refractivity contribution < 1.29 is 24.2 Å². The van der Waals surface area contributed by atoms with Crippen molar-refractivity contribution in [3.05, 3.63) is 45.7 Å². The zero-order valence-corrected chi connectivity index (χ0v) is 15.1. The molecular formula is C17H17BrN2O5. The quantitative estimate of drug-likeness (QED) is 0.437. The summed E-state index contributed by atoms with van der Waals surface area (Å²) < 4.78 is 5.66. The number of esters is 1. The summed E-state index contributed by atoms with van der Waals surface area (Å²) >= 11 is 3.29. The highest BCUT2D eigenvalue weighted by Gasteiger charge is 2.61. The predicted molar refractivity (Wildman–Crippen MR) is 91.4 cm³/mol. The summed E-state index contributed by atoms with van der Waals surface area (Å²) in [5.74, 6) is -2.40. The molecule has 1 fully saturated rings. The number of carbonyl (C=O) groups excluding carboxylic acids is 3. The van der Waals surface area contributed by atoms with E-state index < -0.39 is 23.3 Å². The van der Waals surface area contributed by atoms with Crippen molar-refractivity contribution in [1.82, 2.24) is 10.2 Å². The monoisotopic (exact) mass is 408 g/mol. The van der Waals surface area contributed by atoms with E-state index in [2.05, 4.69) is 21.2 Å². The molecule has 1 saturated heterocycles. The van der Waals surface area contributed by atoms with Gasteiger partial charge in [0.15, 0.2) is 5.78 Å². The fourth-order valence-corrected chi connectivity index (χ4v) is 3.26. The van der Waals surface area contributed by atoms with Gasteiger partial charge >= 0.3 is 5.97 Å². The summed E-state index contributed by atoms with van der Waals surface area (Å²) in [4.78, 5) is 39.4. The van der Waals surface area contributed by atoms with Crippen molar-refractivity contribution >= 4 is 33.6 Å². The second-order valence-electron chi connectivity index (χ2n) is 5.73. The third-order valence-corrected chi connectivity index (χ3v) is 4.71. The Hall–Kier alpha value is -2.19. The van der Waals surface area contributed by atoms with Crippen molar-refractivity contribution in [2.45, 2.75) is 18.9 Å². The van der Waals surface area contributed by atoms with E-state index in [9.17, 15) is 19.5 Å². The minimum absolute atomic E-state index is 0.0169. The molecule has 2 aliphatic heterocycles. The minimum atomic E-state index is -2.63. The number of amides is 1. The van der Waals surface area contributed by atoms with Gasteiger partial charge < -0.3 is 15.2 Å². The molecule has 0 bridgehead atoms. The average Bonchev–Trinajstić information content (AvgIpc) is 2.84. The Kier molecular flexibility index (Phi) is 4.66. The molecule has 8 heteroatoms. The normalized spacial score (nSPS) is 22.5. The first-order chi connectivity index (χ1) is 11.9. The lowest BCUT2D eigenvalue weighted by molar-refractivity contribution is -0.168. The highest BCUT2D eigenvalue weighted by Crippen LogP contribution is 2.37. The smallest absolute Gasteiger partial charge is 0.353 e. The summed E-state index contributed by atoms with van der Waals surface area (Å²) in [7, 11) is 0. The van der Waals surface area contributed by atoms with Crippen LogP contribution in [0.25, 0.3) is 0 Å². The molecular weight excluding hydrogens is 392 g/mol. The van der Waals surface area contributed by atoms with Crippen LogP contribution in [-0.2, 0) is 14.3 Å². The van der Waals surface area contributed by atoms with Gasteiger partial charge in [-0.05, 0) is 37.6 Å². The summed E-state index contributed by atoms with van der Waals surface area (Å²) in [5, 5.41) is 13.9. The Balaban J connectivity index is 2.13. The van der Waals surface area contributed by atoms with E-state index in [1.54, 1.807) is 31.2 Å². The summed E-state index contributed by atoms with van der Waals surface area (Å²) in [5.41, 5.74) is -2.65. The summed E-state index contributed by atoms with van der Waals surface area (Å²) in [6.45, 7) is 2.40. The summed E-state index contributed by atoms with van der Waals surface area (Å²) in [6, 6.07) is 6.46. The number of fused-ring (bicyclic) bond motifs is 1. The number of nitrogens with one attached hydrogen (secondary N) is 1. The predicted octanol–water partition coefficient (Wildman–Crippen LogP) is 0.973. The lowest BCUT2D eigenvalue weighted by Crippen LogP contribution is -2.52. The number of aliphatic hydroxyl groups is 1. The van der Waals surface area contributed by atoms with Crippen LogP contribution in [0.4, 0.5) is 0 Å². The number of benzene rings is 1. The van der Waals surface area contributed by atoms with Gasteiger partial charge in [-0.1, -0.05) is 15.9 Å². The number of hydrogen-bond acceptors (Lipinski definition) is 6. The van der Waals surface area contributed by atoms with Gasteiger partial charge in [0, 0.05) is 23.1 Å². The van der Waals surface area contributed by atoms with E-state index in [0.717, 1.165) is 4.47 Å². The van der Waals surface area contributed by atoms with Crippen LogP contribution in [0.3, 0.4) is 0 Å². The maximum Gasteiger partial charge on any atom is 0.353 e. The van der Waals surface area contributed by atoms with Crippen LogP contribution in [0.5, 0.6) is 0 Å². The number of ketones is 1. The van der Waals surface area contributed by atoms with Crippen molar-refractivity contribution in [2.24, 2.45) is 0 Å². The molecule has 1 aromatic rings. The molecule has 132 valence electrons. The molecule has 0 aromatic heterocycles. The Morgan fingerprint density at radius 2 is 2.04 bits per heavy atom. The molecule has 2 N–H and O–H groups in total. The topological polar surface area (TPSA) is 95.9 Å². The SMILES string of the molecule is CCOC(=O)C1(O)C(=O)N2CCCNC2=C1C(=O)c1ccc(Br)cc1. The molecule has 0 aliphatic carbocycles. The number of Topliss-reactive ketones (excluding diaryl/α,β-unsaturated/α-hetero) is 1. The fraction of sp³-hybridized carbons (Fsp3) is 0.353. The van der Waals surface area contributed by atoms with Crippen LogP contribution in [0, 0.1) is 0 Å². The van der Waals surface area contributed by atoms with Crippen molar-refractivity contribution in [3.8, 4) is 0 Å². The van der Waals surface area contributed by atoms with E-state index in [-0.39, 0.29) is 23.6 Å². The van der Waals surface area contributed by atoms with E-state index in [0.29, 0.717) is 19.5 Å². The van der Waals surface area contributed by atoms with E-state index in [1.807, 2.05) is 0 Å². The van der Waals surface area contributed by atoms with Crippen molar-refractivity contribution in [2.75, 3.05) is 19.7 Å². The highest BCUT2D eigenvalue weighted by atomic mass is 79.9. The maximum atomic E-state index is 13.0. The highest BCUT2D eigenvalue weighted by molar-refractivity contribution is 9.10. The molecule has 0 radical (unpaired) electrons. The van der Waals surface area contributed by atoms with Crippen LogP contribution in [0.2, 0.25) is 0 Å². The van der Waals surface area contributed by atoms with Crippen LogP contribution >= 0.6 is 15.9 Å². The third kappa shape index (κ3) is 2.75. The Morgan fingerprint density at radius 3 is 2.68 bits per heavy atom. The zero-order chi connectivity index (χ0) is 18.2. The van der Waals surface area contributed by atoms with Gasteiger partial charge in [-0.3, -0.25) is 14.5 Å². The molecule has 1 aromatic carbocycles. The second-order valence-corrected chi connectivity index (χ2v) is 6.64. The molecule has 2 heterocycles. The van der Waals surface area contributed by atoms with Gasteiger partial charge in [-0.25, -0.2) is 4.79 Å².